The Morgan fingerprint density at radius 3 is 2.76 bits per heavy atom. The molecular formula is C15H22N2O2S2. The molecule has 21 heavy (non-hydrogen) atoms. The van der Waals surface area contributed by atoms with E-state index in [4.69, 9.17) is 9.68 Å². The van der Waals surface area contributed by atoms with Crippen molar-refractivity contribution in [2.24, 2.45) is 0 Å². The highest BCUT2D eigenvalue weighted by Crippen LogP contribution is 2.36. The predicted octanol–water partition coefficient (Wildman–Crippen LogP) is 3.87. The fourth-order valence-electron chi connectivity index (χ4n) is 2.25. The van der Waals surface area contributed by atoms with Gasteiger partial charge in [-0.2, -0.15) is 0 Å². The van der Waals surface area contributed by atoms with Gasteiger partial charge in [0.2, 0.25) is 0 Å². The van der Waals surface area contributed by atoms with E-state index in [-0.39, 0.29) is 5.60 Å². The van der Waals surface area contributed by atoms with Crippen molar-refractivity contribution in [1.29, 1.82) is 0 Å². The van der Waals surface area contributed by atoms with Crippen molar-refractivity contribution < 1.29 is 9.68 Å². The molecule has 0 spiro atoms. The number of thiophene rings is 1. The first kappa shape index (κ1) is 16.4. The molecule has 0 amide bonds. The van der Waals surface area contributed by atoms with Gasteiger partial charge in [0.05, 0.1) is 17.8 Å². The van der Waals surface area contributed by atoms with Crippen molar-refractivity contribution in [3.05, 3.63) is 38.6 Å². The predicted molar refractivity (Wildman–Crippen MR) is 90.6 cm³/mol. The summed E-state index contributed by atoms with van der Waals surface area (Å²) in [6.45, 7) is 12.4. The van der Waals surface area contributed by atoms with E-state index >= 15 is 0 Å². The Balaban J connectivity index is 2.15. The van der Waals surface area contributed by atoms with Crippen molar-refractivity contribution in [3.8, 4) is 0 Å². The summed E-state index contributed by atoms with van der Waals surface area (Å²) in [5.74, 6) is 0.869. The number of thioether (sulfide) groups is 1. The van der Waals surface area contributed by atoms with Gasteiger partial charge in [0, 0.05) is 21.1 Å². The summed E-state index contributed by atoms with van der Waals surface area (Å²) in [5.41, 5.74) is 8.84. The molecule has 0 aliphatic carbocycles. The molecule has 1 aromatic rings. The number of rotatable bonds is 6. The van der Waals surface area contributed by atoms with Gasteiger partial charge in [0.1, 0.15) is 5.60 Å². The maximum Gasteiger partial charge on any atom is 0.111 e. The first-order chi connectivity index (χ1) is 9.84. The molecule has 2 heterocycles. The van der Waals surface area contributed by atoms with Crippen LogP contribution in [-0.4, -0.2) is 12.7 Å². The zero-order valence-corrected chi connectivity index (χ0v) is 14.8. The second kappa shape index (κ2) is 6.44. The third-order valence-electron chi connectivity index (χ3n) is 3.18. The molecule has 0 saturated carbocycles. The maximum absolute atomic E-state index is 5.48. The average molecular weight is 326 g/mol. The van der Waals surface area contributed by atoms with Crippen LogP contribution in [0, 0.1) is 13.8 Å². The molecule has 1 aromatic heterocycles. The number of hydrogen-bond acceptors (Lipinski definition) is 6. The SMILES string of the molecule is C=C(NOC)c1c(C)sc(C)c1CSC1=CC(C)(C)ON1. The van der Waals surface area contributed by atoms with E-state index < -0.39 is 0 Å². The summed E-state index contributed by atoms with van der Waals surface area (Å²) in [7, 11) is 1.60. The molecule has 1 aliphatic heterocycles. The highest BCUT2D eigenvalue weighted by molar-refractivity contribution is 8.02. The highest BCUT2D eigenvalue weighted by Gasteiger charge is 2.25. The summed E-state index contributed by atoms with van der Waals surface area (Å²) in [6.07, 6.45) is 2.11. The number of hydrogen-bond donors (Lipinski definition) is 2. The van der Waals surface area contributed by atoms with Crippen LogP contribution in [-0.2, 0) is 15.4 Å². The van der Waals surface area contributed by atoms with Gasteiger partial charge in [-0.25, -0.2) is 0 Å². The first-order valence-electron chi connectivity index (χ1n) is 6.71. The quantitative estimate of drug-likeness (QED) is 0.777. The monoisotopic (exact) mass is 326 g/mol. The fourth-order valence-corrected chi connectivity index (χ4v) is 4.58. The molecule has 2 N–H and O–H groups in total. The van der Waals surface area contributed by atoms with Gasteiger partial charge in [-0.3, -0.25) is 20.6 Å². The largest absolute Gasteiger partial charge is 0.279 e. The van der Waals surface area contributed by atoms with Crippen LogP contribution in [0.2, 0.25) is 0 Å². The van der Waals surface area contributed by atoms with Gasteiger partial charge in [-0.15, -0.1) is 23.1 Å². The molecule has 0 unspecified atom stereocenters. The van der Waals surface area contributed by atoms with E-state index in [2.05, 4.69) is 37.5 Å². The zero-order chi connectivity index (χ0) is 15.6. The Bertz CT molecular complexity index is 576. The summed E-state index contributed by atoms with van der Waals surface area (Å²) in [6, 6.07) is 0. The van der Waals surface area contributed by atoms with Crippen molar-refractivity contribution in [3.63, 3.8) is 0 Å². The standard InChI is InChI=1S/C15H22N2O2S2/c1-9(16-18-6)14-11(3)21-10(2)12(14)8-20-13-7-15(4,5)19-17-13/h7,16-17H,1,8H2,2-6H3. The minimum atomic E-state index is -0.244. The van der Waals surface area contributed by atoms with Gasteiger partial charge < -0.3 is 0 Å². The van der Waals surface area contributed by atoms with Crippen molar-refractivity contribution in [1.82, 2.24) is 11.0 Å². The van der Waals surface area contributed by atoms with E-state index in [0.717, 1.165) is 22.0 Å². The van der Waals surface area contributed by atoms with Gasteiger partial charge in [0.15, 0.2) is 0 Å². The minimum absolute atomic E-state index is 0.244. The Hall–Kier alpha value is -0.950. The third-order valence-corrected chi connectivity index (χ3v) is 5.19. The summed E-state index contributed by atoms with van der Waals surface area (Å²) >= 11 is 3.53. The molecule has 0 aromatic carbocycles. The van der Waals surface area contributed by atoms with Crippen LogP contribution < -0.4 is 11.0 Å². The smallest absolute Gasteiger partial charge is 0.111 e. The lowest BCUT2D eigenvalue weighted by atomic mass is 10.1. The fraction of sp³-hybridized carbons (Fsp3) is 0.467. The molecule has 0 fully saturated rings. The molecule has 0 saturated heterocycles. The second-order valence-corrected chi connectivity index (χ2v) is 7.90. The lowest BCUT2D eigenvalue weighted by Crippen LogP contribution is -2.20. The van der Waals surface area contributed by atoms with Crippen LogP contribution in [0.25, 0.3) is 5.70 Å². The van der Waals surface area contributed by atoms with Crippen LogP contribution in [0.5, 0.6) is 0 Å². The van der Waals surface area contributed by atoms with Gasteiger partial charge in [0.25, 0.3) is 0 Å². The van der Waals surface area contributed by atoms with E-state index in [1.807, 2.05) is 13.8 Å². The van der Waals surface area contributed by atoms with Crippen LogP contribution >= 0.6 is 23.1 Å². The molecule has 4 nitrogen and oxygen atoms in total. The van der Waals surface area contributed by atoms with Crippen molar-refractivity contribution >= 4 is 28.8 Å². The van der Waals surface area contributed by atoms with Crippen LogP contribution in [0.1, 0.15) is 34.7 Å². The topological polar surface area (TPSA) is 42.5 Å². The number of hydroxylamine groups is 2. The Morgan fingerprint density at radius 1 is 1.48 bits per heavy atom. The molecule has 0 atom stereocenters. The molecule has 116 valence electrons. The third kappa shape index (κ3) is 3.83. The Morgan fingerprint density at radius 2 is 2.19 bits per heavy atom. The Labute approximate surface area is 134 Å². The van der Waals surface area contributed by atoms with Gasteiger partial charge in [-0.05, 0) is 39.3 Å². The number of aryl methyl sites for hydroxylation is 2. The summed E-state index contributed by atoms with van der Waals surface area (Å²) in [5, 5.41) is 1.06. The lowest BCUT2D eigenvalue weighted by molar-refractivity contribution is -0.0126. The van der Waals surface area contributed by atoms with Gasteiger partial charge in [-0.1, -0.05) is 6.58 Å². The Kier molecular flexibility index (Phi) is 5.03. The van der Waals surface area contributed by atoms with Crippen LogP contribution in [0.4, 0.5) is 0 Å². The maximum atomic E-state index is 5.48. The van der Waals surface area contributed by atoms with Crippen molar-refractivity contribution in [2.75, 3.05) is 7.11 Å². The number of nitrogens with one attached hydrogen (secondary N) is 2. The zero-order valence-electron chi connectivity index (χ0n) is 13.1. The van der Waals surface area contributed by atoms with E-state index in [0.29, 0.717) is 0 Å². The second-order valence-electron chi connectivity index (χ2n) is 5.46. The molecule has 2 rings (SSSR count). The summed E-state index contributed by atoms with van der Waals surface area (Å²) < 4.78 is 0. The molecule has 1 aliphatic rings. The molecule has 0 radical (unpaired) electrons. The van der Waals surface area contributed by atoms with Crippen LogP contribution in [0.3, 0.4) is 0 Å². The molecular weight excluding hydrogens is 304 g/mol. The minimum Gasteiger partial charge on any atom is -0.279 e. The molecule has 6 heteroatoms. The molecule has 0 bridgehead atoms. The van der Waals surface area contributed by atoms with Gasteiger partial charge >= 0.3 is 0 Å². The van der Waals surface area contributed by atoms with Crippen molar-refractivity contribution in [2.45, 2.75) is 39.0 Å². The summed E-state index contributed by atoms with van der Waals surface area (Å²) in [4.78, 5) is 13.0. The normalized spacial score (nSPS) is 16.5. The highest BCUT2D eigenvalue weighted by atomic mass is 32.2. The van der Waals surface area contributed by atoms with E-state index in [1.165, 1.54) is 15.3 Å². The van der Waals surface area contributed by atoms with E-state index in [1.54, 1.807) is 30.2 Å². The van der Waals surface area contributed by atoms with E-state index in [9.17, 15) is 0 Å². The van der Waals surface area contributed by atoms with Crippen LogP contribution in [0.15, 0.2) is 17.7 Å². The first-order valence-corrected chi connectivity index (χ1v) is 8.51. The average Bonchev–Trinajstić information content (AvgIpc) is 2.86. The lowest BCUT2D eigenvalue weighted by Gasteiger charge is -2.12.